The zero-order valence-electron chi connectivity index (χ0n) is 10.8. The Hall–Kier alpha value is -1.56. The van der Waals surface area contributed by atoms with Crippen molar-refractivity contribution in [2.75, 3.05) is 6.54 Å². The molecular weight excluding hydrogens is 264 g/mol. The number of carboxylic acids is 1. The van der Waals surface area contributed by atoms with Gasteiger partial charge in [-0.15, -0.1) is 0 Å². The van der Waals surface area contributed by atoms with Crippen LogP contribution in [0.5, 0.6) is 0 Å². The molecule has 0 spiro atoms. The quantitative estimate of drug-likeness (QED) is 0.892. The molecule has 2 N–H and O–H groups in total. The predicted octanol–water partition coefficient (Wildman–Crippen LogP) is 2.14. The molecule has 2 unspecified atom stereocenters. The van der Waals surface area contributed by atoms with Crippen LogP contribution in [-0.2, 0) is 11.3 Å². The summed E-state index contributed by atoms with van der Waals surface area (Å²) in [4.78, 5) is 24.8. The maximum absolute atomic E-state index is 12.1. The summed E-state index contributed by atoms with van der Waals surface area (Å²) in [6.07, 6.45) is 1.71. The molecule has 104 valence electrons. The van der Waals surface area contributed by atoms with Gasteiger partial charge in [0.05, 0.1) is 0 Å². The van der Waals surface area contributed by atoms with Crippen LogP contribution >= 0.6 is 11.3 Å². The van der Waals surface area contributed by atoms with Gasteiger partial charge in [0.2, 0.25) is 0 Å². The molecule has 2 amide bonds. The monoisotopic (exact) mass is 282 g/mol. The number of amides is 2. The van der Waals surface area contributed by atoms with Gasteiger partial charge in [0, 0.05) is 13.1 Å². The minimum atomic E-state index is -0.919. The minimum Gasteiger partial charge on any atom is -0.480 e. The number of hydrogen-bond acceptors (Lipinski definition) is 3. The first-order valence-electron chi connectivity index (χ1n) is 6.38. The van der Waals surface area contributed by atoms with Crippen LogP contribution < -0.4 is 5.32 Å². The van der Waals surface area contributed by atoms with Crippen molar-refractivity contribution < 1.29 is 14.7 Å². The van der Waals surface area contributed by atoms with Gasteiger partial charge < -0.3 is 15.3 Å². The number of piperidine rings is 1. The van der Waals surface area contributed by atoms with E-state index in [1.165, 1.54) is 4.90 Å². The molecule has 2 atom stereocenters. The third-order valence-corrected chi connectivity index (χ3v) is 4.20. The van der Waals surface area contributed by atoms with Crippen LogP contribution in [-0.4, -0.2) is 34.6 Å². The molecule has 1 aliphatic rings. The molecule has 2 rings (SSSR count). The van der Waals surface area contributed by atoms with Crippen LogP contribution in [0.4, 0.5) is 4.79 Å². The Labute approximate surface area is 116 Å². The Bertz CT molecular complexity index is 447. The average Bonchev–Trinajstić information content (AvgIpc) is 2.88. The van der Waals surface area contributed by atoms with E-state index < -0.39 is 12.0 Å². The van der Waals surface area contributed by atoms with Crippen LogP contribution in [0.2, 0.25) is 0 Å². The van der Waals surface area contributed by atoms with Crippen LogP contribution in [0, 0.1) is 5.92 Å². The molecule has 5 nitrogen and oxygen atoms in total. The molecule has 19 heavy (non-hydrogen) atoms. The van der Waals surface area contributed by atoms with Crippen molar-refractivity contribution in [2.24, 2.45) is 5.92 Å². The predicted molar refractivity (Wildman–Crippen MR) is 73.1 cm³/mol. The highest BCUT2D eigenvalue weighted by Crippen LogP contribution is 2.23. The summed E-state index contributed by atoms with van der Waals surface area (Å²) >= 11 is 1.57. The van der Waals surface area contributed by atoms with Crippen molar-refractivity contribution in [3.63, 3.8) is 0 Å². The van der Waals surface area contributed by atoms with Gasteiger partial charge in [-0.1, -0.05) is 6.92 Å². The Kier molecular flexibility index (Phi) is 4.42. The van der Waals surface area contributed by atoms with E-state index in [0.29, 0.717) is 13.1 Å². The Morgan fingerprint density at radius 3 is 3.00 bits per heavy atom. The summed E-state index contributed by atoms with van der Waals surface area (Å²) in [6.45, 7) is 2.84. The highest BCUT2D eigenvalue weighted by atomic mass is 32.1. The molecule has 1 fully saturated rings. The lowest BCUT2D eigenvalue weighted by Gasteiger charge is -2.37. The number of thiophene rings is 1. The number of aliphatic carboxylic acids is 1. The van der Waals surface area contributed by atoms with Gasteiger partial charge in [-0.3, -0.25) is 0 Å². The summed E-state index contributed by atoms with van der Waals surface area (Å²) in [5.41, 5.74) is 1.04. The molecule has 1 saturated heterocycles. The van der Waals surface area contributed by atoms with Crippen LogP contribution in [0.3, 0.4) is 0 Å². The molecule has 1 aromatic heterocycles. The maximum atomic E-state index is 12.1. The van der Waals surface area contributed by atoms with Gasteiger partial charge in [-0.2, -0.15) is 11.3 Å². The van der Waals surface area contributed by atoms with Crippen molar-refractivity contribution >= 4 is 23.3 Å². The van der Waals surface area contributed by atoms with Crippen molar-refractivity contribution in [3.8, 4) is 0 Å². The smallest absolute Gasteiger partial charge is 0.326 e. The lowest BCUT2D eigenvalue weighted by molar-refractivity contribution is -0.145. The molecule has 6 heteroatoms. The average molecular weight is 282 g/mol. The van der Waals surface area contributed by atoms with Gasteiger partial charge in [0.15, 0.2) is 0 Å². The van der Waals surface area contributed by atoms with Crippen molar-refractivity contribution in [2.45, 2.75) is 32.4 Å². The molecule has 0 aliphatic carbocycles. The Balaban J connectivity index is 1.97. The van der Waals surface area contributed by atoms with Gasteiger partial charge in [0.1, 0.15) is 6.04 Å². The number of nitrogens with one attached hydrogen (secondary N) is 1. The number of hydrogen-bond donors (Lipinski definition) is 2. The summed E-state index contributed by atoms with van der Waals surface area (Å²) in [5, 5.41) is 16.0. The number of carbonyl (C=O) groups is 2. The summed E-state index contributed by atoms with van der Waals surface area (Å²) in [5.74, 6) is -0.920. The number of likely N-dealkylation sites (tertiary alicyclic amines) is 1. The van der Waals surface area contributed by atoms with Gasteiger partial charge in [-0.05, 0) is 41.1 Å². The second-order valence-corrected chi connectivity index (χ2v) is 5.67. The van der Waals surface area contributed by atoms with E-state index in [-0.39, 0.29) is 11.9 Å². The number of rotatable bonds is 3. The van der Waals surface area contributed by atoms with Gasteiger partial charge in [0.25, 0.3) is 0 Å². The van der Waals surface area contributed by atoms with Crippen molar-refractivity contribution in [1.29, 1.82) is 0 Å². The first-order chi connectivity index (χ1) is 9.09. The van der Waals surface area contributed by atoms with E-state index in [2.05, 4.69) is 5.32 Å². The number of nitrogens with zero attached hydrogens (tertiary/aromatic N) is 1. The van der Waals surface area contributed by atoms with Crippen molar-refractivity contribution in [1.82, 2.24) is 10.2 Å². The van der Waals surface area contributed by atoms with Crippen LogP contribution in [0.1, 0.15) is 25.3 Å². The fourth-order valence-electron chi connectivity index (χ4n) is 2.46. The first kappa shape index (κ1) is 13.9. The molecule has 0 radical (unpaired) electrons. The Morgan fingerprint density at radius 1 is 1.58 bits per heavy atom. The van der Waals surface area contributed by atoms with E-state index in [4.69, 9.17) is 0 Å². The molecule has 2 heterocycles. The lowest BCUT2D eigenvalue weighted by Crippen LogP contribution is -2.54. The van der Waals surface area contributed by atoms with Crippen LogP contribution in [0.25, 0.3) is 0 Å². The molecule has 1 aromatic rings. The van der Waals surface area contributed by atoms with E-state index in [1.54, 1.807) is 11.3 Å². The van der Waals surface area contributed by atoms with E-state index >= 15 is 0 Å². The topological polar surface area (TPSA) is 69.6 Å². The van der Waals surface area contributed by atoms with E-state index in [0.717, 1.165) is 18.4 Å². The maximum Gasteiger partial charge on any atom is 0.326 e. The second-order valence-electron chi connectivity index (χ2n) is 4.89. The standard InChI is InChI=1S/C13H18N2O3S/c1-9-3-2-5-15(11(9)12(16)17)13(18)14-7-10-4-6-19-8-10/h4,6,8-9,11H,2-3,5,7H2,1H3,(H,14,18)(H,16,17). The third-order valence-electron chi connectivity index (χ3n) is 3.47. The highest BCUT2D eigenvalue weighted by molar-refractivity contribution is 7.07. The summed E-state index contributed by atoms with van der Waals surface area (Å²) < 4.78 is 0. The lowest BCUT2D eigenvalue weighted by atomic mass is 9.91. The summed E-state index contributed by atoms with van der Waals surface area (Å²) in [7, 11) is 0. The minimum absolute atomic E-state index is 0.00172. The Morgan fingerprint density at radius 2 is 2.37 bits per heavy atom. The molecule has 0 bridgehead atoms. The molecule has 0 saturated carbocycles. The van der Waals surface area contributed by atoms with Gasteiger partial charge >= 0.3 is 12.0 Å². The van der Waals surface area contributed by atoms with E-state index in [9.17, 15) is 14.7 Å². The van der Waals surface area contributed by atoms with Gasteiger partial charge in [-0.25, -0.2) is 9.59 Å². The van der Waals surface area contributed by atoms with Crippen molar-refractivity contribution in [3.05, 3.63) is 22.4 Å². The zero-order chi connectivity index (χ0) is 13.8. The highest BCUT2D eigenvalue weighted by Gasteiger charge is 2.36. The number of carbonyl (C=O) groups excluding carboxylic acids is 1. The molecule has 0 aromatic carbocycles. The fourth-order valence-corrected chi connectivity index (χ4v) is 3.13. The first-order valence-corrected chi connectivity index (χ1v) is 7.32. The summed E-state index contributed by atoms with van der Waals surface area (Å²) in [6, 6.07) is 0.944. The largest absolute Gasteiger partial charge is 0.480 e. The molecular formula is C13H18N2O3S. The SMILES string of the molecule is CC1CCCN(C(=O)NCc2ccsc2)C1C(=O)O. The second kappa shape index (κ2) is 6.06. The number of carboxylic acid groups (broad SMARTS) is 1. The number of urea groups is 1. The van der Waals surface area contributed by atoms with E-state index in [1.807, 2.05) is 23.8 Å². The molecule has 1 aliphatic heterocycles. The fraction of sp³-hybridized carbons (Fsp3) is 0.538. The third kappa shape index (κ3) is 3.26. The normalized spacial score (nSPS) is 23.1. The van der Waals surface area contributed by atoms with Crippen LogP contribution in [0.15, 0.2) is 16.8 Å². The zero-order valence-corrected chi connectivity index (χ0v) is 11.7.